The van der Waals surface area contributed by atoms with E-state index in [1.165, 1.54) is 0 Å². The number of rotatable bonds is 0. The Labute approximate surface area is 73.4 Å². The van der Waals surface area contributed by atoms with Crippen molar-refractivity contribution in [3.63, 3.8) is 0 Å². The summed E-state index contributed by atoms with van der Waals surface area (Å²) in [6.07, 6.45) is 0. The zero-order chi connectivity index (χ0) is 6.28. The van der Waals surface area contributed by atoms with Gasteiger partial charge in [0.05, 0.1) is 0 Å². The monoisotopic (exact) mass is 187 g/mol. The molecule has 0 fully saturated rings. The molecule has 0 rings (SSSR count). The minimum absolute atomic E-state index is 0. The second kappa shape index (κ2) is 15.7. The zero-order valence-corrected chi connectivity index (χ0v) is 8.42. The van der Waals surface area contributed by atoms with E-state index in [0.29, 0.717) is 0 Å². The maximum atomic E-state index is 8.67. The van der Waals surface area contributed by atoms with Crippen LogP contribution in [0.15, 0.2) is 0 Å². The third-order valence-corrected chi connectivity index (χ3v) is 0. The Balaban J connectivity index is -0.0000000575. The SMILES string of the molecule is O=[PH]=O.[Na].[O]=[V](=[O])[OH]. The summed E-state index contributed by atoms with van der Waals surface area (Å²) in [5, 5.41) is 0. The van der Waals surface area contributed by atoms with Crippen LogP contribution in [0.5, 0.6) is 0 Å². The average molecular weight is 187 g/mol. The molecule has 1 radical (unpaired) electrons. The molecule has 5 nitrogen and oxygen atoms in total. The van der Waals surface area contributed by atoms with Gasteiger partial charge in [0.1, 0.15) is 0 Å². The van der Waals surface area contributed by atoms with E-state index < -0.39 is 23.7 Å². The van der Waals surface area contributed by atoms with Crippen LogP contribution in [0.3, 0.4) is 0 Å². The Morgan fingerprint density at radius 1 is 1.25 bits per heavy atom. The fourth-order valence-electron chi connectivity index (χ4n) is 0. The van der Waals surface area contributed by atoms with Gasteiger partial charge in [0.2, 0.25) is 0 Å². The molecule has 8 heteroatoms. The van der Waals surface area contributed by atoms with Crippen molar-refractivity contribution in [2.75, 3.05) is 0 Å². The van der Waals surface area contributed by atoms with Crippen LogP contribution in [0.1, 0.15) is 0 Å². The predicted octanol–water partition coefficient (Wildman–Crippen LogP) is -0.822. The van der Waals surface area contributed by atoms with Gasteiger partial charge in [-0.05, 0) is 0 Å². The van der Waals surface area contributed by atoms with Crippen molar-refractivity contribution in [3.05, 3.63) is 0 Å². The Morgan fingerprint density at radius 2 is 1.25 bits per heavy atom. The third-order valence-electron chi connectivity index (χ3n) is 0. The molecule has 0 saturated heterocycles. The Morgan fingerprint density at radius 3 is 1.25 bits per heavy atom. The van der Waals surface area contributed by atoms with Gasteiger partial charge >= 0.3 is 35.1 Å². The van der Waals surface area contributed by atoms with Crippen LogP contribution in [-0.2, 0) is 31.9 Å². The van der Waals surface area contributed by atoms with Crippen molar-refractivity contribution < 1.29 is 35.9 Å². The third kappa shape index (κ3) is 236. The van der Waals surface area contributed by atoms with Crippen molar-refractivity contribution in [3.8, 4) is 0 Å². The molecule has 0 spiro atoms. The van der Waals surface area contributed by atoms with Gasteiger partial charge in [-0.3, -0.25) is 0 Å². The van der Waals surface area contributed by atoms with E-state index in [2.05, 4.69) is 0 Å². The van der Waals surface area contributed by atoms with E-state index in [4.69, 9.17) is 20.5 Å². The van der Waals surface area contributed by atoms with Gasteiger partial charge in [-0.25, -0.2) is 9.13 Å². The molecule has 0 aromatic carbocycles. The average Bonchev–Trinajstić information content (AvgIpc) is 1.33. The maximum absolute atomic E-state index is 8.67. The van der Waals surface area contributed by atoms with Crippen molar-refractivity contribution in [2.24, 2.45) is 0 Å². The van der Waals surface area contributed by atoms with Crippen LogP contribution < -0.4 is 0 Å². The molecule has 0 aliphatic carbocycles. The summed E-state index contributed by atoms with van der Waals surface area (Å²) >= 11 is -3.69. The predicted molar refractivity (Wildman–Crippen MR) is 19.0 cm³/mol. The fourth-order valence-corrected chi connectivity index (χ4v) is 0. The van der Waals surface area contributed by atoms with E-state index in [9.17, 15) is 0 Å². The summed E-state index contributed by atoms with van der Waals surface area (Å²) in [6, 6.07) is 0. The Hall–Kier alpha value is 1.04. The summed E-state index contributed by atoms with van der Waals surface area (Å²) < 4.78 is 41.2. The first-order chi connectivity index (χ1) is 3.15. The van der Waals surface area contributed by atoms with E-state index in [1.54, 1.807) is 0 Å². The van der Waals surface area contributed by atoms with Crippen molar-refractivity contribution >= 4 is 37.9 Å². The standard InChI is InChI=1S/Na.HO2P.H2O.2O.V/c;1-3-2;;;;/h;3H;1H2;;;/q;;;;;+1/p-1. The first-order valence-electron chi connectivity index (χ1n) is 0.973. The summed E-state index contributed by atoms with van der Waals surface area (Å²) in [5.74, 6) is 0. The topological polar surface area (TPSA) is 88.5 Å². The molecule has 0 aliphatic heterocycles. The summed E-state index contributed by atoms with van der Waals surface area (Å²) in [7, 11) is -1.42. The van der Waals surface area contributed by atoms with Crippen molar-refractivity contribution in [2.45, 2.75) is 0 Å². The molecule has 0 bridgehead atoms. The van der Waals surface area contributed by atoms with Crippen LogP contribution in [0, 0.1) is 0 Å². The van der Waals surface area contributed by atoms with Gasteiger partial charge in [0.15, 0.2) is 0 Å². The molecule has 0 heterocycles. The summed E-state index contributed by atoms with van der Waals surface area (Å²) in [5.41, 5.74) is 0. The van der Waals surface area contributed by atoms with Gasteiger partial charge in [-0.2, -0.15) is 0 Å². The number of hydrogen-bond acceptors (Lipinski definition) is 4. The van der Waals surface area contributed by atoms with Gasteiger partial charge in [0.25, 0.3) is 0 Å². The van der Waals surface area contributed by atoms with Gasteiger partial charge in [-0.15, -0.1) is 0 Å². The van der Waals surface area contributed by atoms with E-state index >= 15 is 0 Å². The first-order valence-corrected chi connectivity index (χ1v) is 3.55. The molecule has 1 N–H and O–H groups in total. The van der Waals surface area contributed by atoms with Crippen molar-refractivity contribution in [1.82, 2.24) is 0 Å². The normalized spacial score (nSPS) is 4.62. The quantitative estimate of drug-likeness (QED) is 0.395. The van der Waals surface area contributed by atoms with Gasteiger partial charge in [0, 0.05) is 29.6 Å². The molecule has 0 aliphatic rings. The molecule has 8 heavy (non-hydrogen) atoms. The Bertz CT molecular complexity index is 112. The summed E-state index contributed by atoms with van der Waals surface area (Å²) in [6.45, 7) is 0. The van der Waals surface area contributed by atoms with Gasteiger partial charge in [-0.1, -0.05) is 0 Å². The molecule has 0 amide bonds. The van der Waals surface area contributed by atoms with Gasteiger partial charge < -0.3 is 0 Å². The molecule has 0 aromatic heterocycles. The fraction of sp³-hybridized carbons (Fsp3) is 0. The first kappa shape index (κ1) is 16.0. The molecule has 0 saturated carbocycles. The van der Waals surface area contributed by atoms with E-state index in [-0.39, 0.29) is 29.6 Å². The van der Waals surface area contributed by atoms with Crippen LogP contribution in [0.25, 0.3) is 0 Å². The summed E-state index contributed by atoms with van der Waals surface area (Å²) in [4.78, 5) is 0. The molecular formula is H2NaO5PV. The van der Waals surface area contributed by atoms with Crippen LogP contribution in [0.4, 0.5) is 0 Å². The van der Waals surface area contributed by atoms with Crippen LogP contribution in [-0.4, -0.2) is 33.6 Å². The zero-order valence-electron chi connectivity index (χ0n) is 4.03. The minimum atomic E-state index is -3.69. The molecule has 43 valence electrons. The molecule has 0 unspecified atom stereocenters. The van der Waals surface area contributed by atoms with Crippen LogP contribution in [0.2, 0.25) is 0 Å². The van der Waals surface area contributed by atoms with E-state index in [1.807, 2.05) is 0 Å². The number of hydrogen-bond donors (Lipinski definition) is 1. The molecular weight excluding hydrogens is 185 g/mol. The van der Waals surface area contributed by atoms with E-state index in [0.717, 1.165) is 0 Å². The van der Waals surface area contributed by atoms with Crippen molar-refractivity contribution in [1.29, 1.82) is 0 Å². The molecule has 0 atom stereocenters. The Kier molecular flexibility index (Phi) is 31.4. The second-order valence-corrected chi connectivity index (χ2v) is 1.23. The van der Waals surface area contributed by atoms with Crippen LogP contribution >= 0.6 is 8.34 Å². The molecule has 0 aromatic rings. The second-order valence-electron chi connectivity index (χ2n) is 0.321.